The molecule has 1 saturated heterocycles. The van der Waals surface area contributed by atoms with Gasteiger partial charge in [0.05, 0.1) is 17.2 Å². The lowest BCUT2D eigenvalue weighted by Gasteiger charge is -2.26. The molecule has 1 aromatic rings. The van der Waals surface area contributed by atoms with Crippen molar-refractivity contribution in [3.05, 3.63) is 10.6 Å². The van der Waals surface area contributed by atoms with Crippen LogP contribution >= 0.6 is 11.3 Å². The molecule has 106 valence electrons. The van der Waals surface area contributed by atoms with E-state index >= 15 is 0 Å². The Kier molecular flexibility index (Phi) is 4.26. The van der Waals surface area contributed by atoms with Crippen LogP contribution in [0.3, 0.4) is 0 Å². The molecule has 2 heterocycles. The summed E-state index contributed by atoms with van der Waals surface area (Å²) in [4.78, 5) is 18.6. The normalized spacial score (nSPS) is 20.0. The molecule has 4 nitrogen and oxygen atoms in total. The predicted molar refractivity (Wildman–Crippen MR) is 78.0 cm³/mol. The first kappa shape index (κ1) is 14.5. The first-order valence-corrected chi connectivity index (χ1v) is 7.46. The fraction of sp³-hybridized carbons (Fsp3) is 0.714. The van der Waals surface area contributed by atoms with E-state index in [0.29, 0.717) is 22.8 Å². The molecule has 5 heteroatoms. The average Bonchev–Trinajstić information content (AvgIpc) is 2.93. The summed E-state index contributed by atoms with van der Waals surface area (Å²) >= 11 is 1.48. The molecule has 1 aliphatic heterocycles. The minimum Gasteiger partial charge on any atom is -0.378 e. The van der Waals surface area contributed by atoms with E-state index in [4.69, 9.17) is 4.74 Å². The molecule has 0 saturated carbocycles. The van der Waals surface area contributed by atoms with Crippen LogP contribution in [0, 0.1) is 11.3 Å². The van der Waals surface area contributed by atoms with Gasteiger partial charge >= 0.3 is 0 Å². The molecule has 0 N–H and O–H groups in total. The number of aldehydes is 1. The van der Waals surface area contributed by atoms with Gasteiger partial charge in [-0.25, -0.2) is 4.98 Å². The van der Waals surface area contributed by atoms with Crippen LogP contribution in [0.25, 0.3) is 0 Å². The molecule has 1 atom stereocenters. The van der Waals surface area contributed by atoms with Crippen LogP contribution < -0.4 is 4.90 Å². The Morgan fingerprint density at radius 1 is 1.53 bits per heavy atom. The number of ether oxygens (including phenoxy) is 1. The number of rotatable bonds is 4. The summed E-state index contributed by atoms with van der Waals surface area (Å²) in [6, 6.07) is 0. The molecule has 0 radical (unpaired) electrons. The lowest BCUT2D eigenvalue weighted by atomic mass is 9.80. The maximum atomic E-state index is 11.1. The van der Waals surface area contributed by atoms with Gasteiger partial charge in [-0.05, 0) is 17.8 Å². The van der Waals surface area contributed by atoms with E-state index in [0.717, 1.165) is 30.2 Å². The number of carbonyl (C=O) groups excluding carboxylic acids is 1. The maximum Gasteiger partial charge on any atom is 0.186 e. The summed E-state index contributed by atoms with van der Waals surface area (Å²) in [5, 5.41) is 0.959. The predicted octanol–water partition coefficient (Wildman–Crippen LogP) is 2.97. The molecular weight excluding hydrogens is 260 g/mol. The summed E-state index contributed by atoms with van der Waals surface area (Å²) in [7, 11) is 1.62. The molecule has 0 amide bonds. The van der Waals surface area contributed by atoms with Gasteiger partial charge in [0.2, 0.25) is 0 Å². The third-order valence-corrected chi connectivity index (χ3v) is 4.87. The Labute approximate surface area is 118 Å². The standard InChI is InChI=1S/C14H22N2O2S/c1-14(2,3)10-5-6-16(7-10)13-15-11(9-18-4)12(8-17)19-13/h8,10H,5-7,9H2,1-4H3. The van der Waals surface area contributed by atoms with Crippen molar-refractivity contribution >= 4 is 22.8 Å². The van der Waals surface area contributed by atoms with Gasteiger partial charge in [-0.2, -0.15) is 0 Å². The van der Waals surface area contributed by atoms with Crippen LogP contribution in [0.15, 0.2) is 0 Å². The van der Waals surface area contributed by atoms with E-state index in [1.165, 1.54) is 17.8 Å². The Morgan fingerprint density at radius 3 is 2.79 bits per heavy atom. The van der Waals surface area contributed by atoms with E-state index in [-0.39, 0.29) is 0 Å². The van der Waals surface area contributed by atoms with Gasteiger partial charge < -0.3 is 9.64 Å². The first-order chi connectivity index (χ1) is 8.95. The average molecular weight is 282 g/mol. The lowest BCUT2D eigenvalue weighted by Crippen LogP contribution is -2.25. The van der Waals surface area contributed by atoms with Crippen molar-refractivity contribution in [3.63, 3.8) is 0 Å². The molecule has 0 spiro atoms. The van der Waals surface area contributed by atoms with Gasteiger partial charge in [0.1, 0.15) is 0 Å². The maximum absolute atomic E-state index is 11.1. The van der Waals surface area contributed by atoms with Gasteiger partial charge in [-0.3, -0.25) is 4.79 Å². The second kappa shape index (κ2) is 5.59. The zero-order valence-corrected chi connectivity index (χ0v) is 12.9. The van der Waals surface area contributed by atoms with E-state index < -0.39 is 0 Å². The summed E-state index contributed by atoms with van der Waals surface area (Å²) in [5.74, 6) is 0.682. The lowest BCUT2D eigenvalue weighted by molar-refractivity contribution is 0.112. The first-order valence-electron chi connectivity index (χ1n) is 6.64. The van der Waals surface area contributed by atoms with Gasteiger partial charge in [-0.1, -0.05) is 32.1 Å². The molecule has 0 aromatic carbocycles. The number of anilines is 1. The van der Waals surface area contributed by atoms with Gasteiger partial charge in [-0.15, -0.1) is 0 Å². The topological polar surface area (TPSA) is 42.4 Å². The molecular formula is C14H22N2O2S. The van der Waals surface area contributed by atoms with E-state index in [1.807, 2.05) is 0 Å². The van der Waals surface area contributed by atoms with E-state index in [1.54, 1.807) is 7.11 Å². The summed E-state index contributed by atoms with van der Waals surface area (Å²) in [6.45, 7) is 9.33. The number of aromatic nitrogens is 1. The van der Waals surface area contributed by atoms with Crippen LogP contribution in [0.4, 0.5) is 5.13 Å². The summed E-state index contributed by atoms with van der Waals surface area (Å²) in [5.41, 5.74) is 1.09. The van der Waals surface area contributed by atoms with Crippen LogP contribution in [0.5, 0.6) is 0 Å². The number of hydrogen-bond acceptors (Lipinski definition) is 5. The fourth-order valence-corrected chi connectivity index (χ4v) is 3.38. The molecule has 2 rings (SSSR count). The van der Waals surface area contributed by atoms with Crippen molar-refractivity contribution in [3.8, 4) is 0 Å². The van der Waals surface area contributed by atoms with Crippen molar-refractivity contribution in [1.82, 2.24) is 4.98 Å². The highest BCUT2D eigenvalue weighted by atomic mass is 32.1. The molecule has 1 aromatic heterocycles. The van der Waals surface area contributed by atoms with E-state index in [9.17, 15) is 4.79 Å². The molecule has 1 aliphatic rings. The number of methoxy groups -OCH3 is 1. The second-order valence-corrected chi connectivity index (χ2v) is 7.16. The highest BCUT2D eigenvalue weighted by Gasteiger charge is 2.33. The van der Waals surface area contributed by atoms with Gasteiger partial charge in [0.15, 0.2) is 11.4 Å². The SMILES string of the molecule is COCc1nc(N2CCC(C(C)(C)C)C2)sc1C=O. The fourth-order valence-electron chi connectivity index (χ4n) is 2.46. The van der Waals surface area contributed by atoms with Crippen molar-refractivity contribution in [2.24, 2.45) is 11.3 Å². The van der Waals surface area contributed by atoms with Gasteiger partial charge in [0, 0.05) is 20.2 Å². The van der Waals surface area contributed by atoms with Crippen LogP contribution in [-0.4, -0.2) is 31.5 Å². The zero-order valence-electron chi connectivity index (χ0n) is 12.1. The zero-order chi connectivity index (χ0) is 14.0. The largest absolute Gasteiger partial charge is 0.378 e. The smallest absolute Gasteiger partial charge is 0.186 e. The Hall–Kier alpha value is -0.940. The van der Waals surface area contributed by atoms with Gasteiger partial charge in [0.25, 0.3) is 0 Å². The molecule has 1 fully saturated rings. The Bertz CT molecular complexity index is 451. The second-order valence-electron chi connectivity index (χ2n) is 6.16. The van der Waals surface area contributed by atoms with Crippen molar-refractivity contribution in [1.29, 1.82) is 0 Å². The molecule has 0 aliphatic carbocycles. The Balaban J connectivity index is 2.13. The highest BCUT2D eigenvalue weighted by molar-refractivity contribution is 7.17. The highest BCUT2D eigenvalue weighted by Crippen LogP contribution is 2.37. The minimum atomic E-state index is 0.328. The summed E-state index contributed by atoms with van der Waals surface area (Å²) < 4.78 is 5.09. The quantitative estimate of drug-likeness (QED) is 0.796. The third kappa shape index (κ3) is 3.15. The molecule has 0 bridgehead atoms. The molecule has 1 unspecified atom stereocenters. The minimum absolute atomic E-state index is 0.328. The van der Waals surface area contributed by atoms with Crippen molar-refractivity contribution < 1.29 is 9.53 Å². The number of carbonyl (C=O) groups is 1. The number of nitrogens with zero attached hydrogens (tertiary/aromatic N) is 2. The van der Waals surface area contributed by atoms with Crippen LogP contribution in [0.2, 0.25) is 0 Å². The summed E-state index contributed by atoms with van der Waals surface area (Å²) in [6.07, 6.45) is 2.08. The van der Waals surface area contributed by atoms with Crippen molar-refractivity contribution in [2.75, 3.05) is 25.1 Å². The number of hydrogen-bond donors (Lipinski definition) is 0. The third-order valence-electron chi connectivity index (χ3n) is 3.79. The monoisotopic (exact) mass is 282 g/mol. The van der Waals surface area contributed by atoms with Crippen molar-refractivity contribution in [2.45, 2.75) is 33.8 Å². The molecule has 19 heavy (non-hydrogen) atoms. The number of thiazole rings is 1. The van der Waals surface area contributed by atoms with Crippen LogP contribution in [-0.2, 0) is 11.3 Å². The van der Waals surface area contributed by atoms with E-state index in [2.05, 4.69) is 30.7 Å². The van der Waals surface area contributed by atoms with Crippen LogP contribution in [0.1, 0.15) is 42.6 Å². The Morgan fingerprint density at radius 2 is 2.26 bits per heavy atom.